The van der Waals surface area contributed by atoms with Crippen LogP contribution in [0.1, 0.15) is 32.6 Å². The van der Waals surface area contributed by atoms with Gasteiger partial charge in [0.15, 0.2) is 0 Å². The van der Waals surface area contributed by atoms with Crippen LogP contribution in [0.15, 0.2) is 0 Å². The highest BCUT2D eigenvalue weighted by molar-refractivity contribution is 5.82. The summed E-state index contributed by atoms with van der Waals surface area (Å²) in [6, 6.07) is 0.0917. The summed E-state index contributed by atoms with van der Waals surface area (Å²) < 4.78 is 0. The summed E-state index contributed by atoms with van der Waals surface area (Å²) in [7, 11) is 0. The smallest absolute Gasteiger partial charge is 0.237 e. The number of nitrogens with one attached hydrogen (secondary N) is 2. The van der Waals surface area contributed by atoms with Gasteiger partial charge in [0.05, 0.1) is 6.04 Å². The lowest BCUT2D eigenvalue weighted by Crippen LogP contribution is -2.40. The Morgan fingerprint density at radius 3 is 2.92 bits per heavy atom. The molecule has 0 unspecified atom stereocenters. The molecule has 0 aromatic rings. The summed E-state index contributed by atoms with van der Waals surface area (Å²) in [4.78, 5) is 11.5. The second kappa shape index (κ2) is 3.29. The maximum atomic E-state index is 11.5. The highest BCUT2D eigenvalue weighted by Crippen LogP contribution is 2.51. The van der Waals surface area contributed by atoms with Crippen LogP contribution in [0, 0.1) is 5.41 Å². The van der Waals surface area contributed by atoms with Crippen molar-refractivity contribution in [2.45, 2.75) is 38.6 Å². The zero-order valence-corrected chi connectivity index (χ0v) is 8.23. The predicted octanol–water partition coefficient (Wildman–Crippen LogP) is 0.655. The van der Waals surface area contributed by atoms with Crippen molar-refractivity contribution in [3.8, 4) is 0 Å². The maximum absolute atomic E-state index is 11.5. The summed E-state index contributed by atoms with van der Waals surface area (Å²) in [6.45, 7) is 3.94. The average molecular weight is 182 g/mol. The second-order valence-electron chi connectivity index (χ2n) is 4.43. The Balaban J connectivity index is 1.78. The Morgan fingerprint density at radius 2 is 2.38 bits per heavy atom. The zero-order valence-electron chi connectivity index (χ0n) is 8.23. The molecular weight excluding hydrogens is 164 g/mol. The molecule has 2 fully saturated rings. The molecular formula is C10H18N2O. The van der Waals surface area contributed by atoms with Crippen molar-refractivity contribution < 1.29 is 4.79 Å². The van der Waals surface area contributed by atoms with Gasteiger partial charge in [-0.25, -0.2) is 0 Å². The molecule has 1 saturated carbocycles. The van der Waals surface area contributed by atoms with Crippen LogP contribution < -0.4 is 10.6 Å². The van der Waals surface area contributed by atoms with Crippen LogP contribution in [0.25, 0.3) is 0 Å². The lowest BCUT2D eigenvalue weighted by Gasteiger charge is -2.10. The standard InChI is InChI=1S/C10H18N2O/c1-2-5-11-9(13)8-6-10(3-4-10)7-12-8/h8,12H,2-7H2,1H3,(H,11,13)/t8-/m1/s1. The predicted molar refractivity (Wildman–Crippen MR) is 51.4 cm³/mol. The van der Waals surface area contributed by atoms with Crippen molar-refractivity contribution in [2.75, 3.05) is 13.1 Å². The van der Waals surface area contributed by atoms with Crippen LogP contribution in [0.4, 0.5) is 0 Å². The number of hydrogen-bond donors (Lipinski definition) is 2. The third-order valence-electron chi connectivity index (χ3n) is 3.18. The minimum Gasteiger partial charge on any atom is -0.355 e. The van der Waals surface area contributed by atoms with E-state index in [1.165, 1.54) is 12.8 Å². The Kier molecular flexibility index (Phi) is 2.28. The fourth-order valence-corrected chi connectivity index (χ4v) is 2.03. The maximum Gasteiger partial charge on any atom is 0.237 e. The van der Waals surface area contributed by atoms with E-state index in [9.17, 15) is 4.79 Å². The minimum atomic E-state index is 0.0917. The van der Waals surface area contributed by atoms with Crippen molar-refractivity contribution in [2.24, 2.45) is 5.41 Å². The summed E-state index contributed by atoms with van der Waals surface area (Å²) in [5, 5.41) is 6.24. The molecule has 0 aromatic heterocycles. The molecule has 0 radical (unpaired) electrons. The Bertz CT molecular complexity index is 211. The molecule has 1 spiro atoms. The largest absolute Gasteiger partial charge is 0.355 e. The fraction of sp³-hybridized carbons (Fsp3) is 0.900. The first kappa shape index (κ1) is 9.00. The van der Waals surface area contributed by atoms with E-state index in [-0.39, 0.29) is 11.9 Å². The van der Waals surface area contributed by atoms with Gasteiger partial charge in [-0.15, -0.1) is 0 Å². The van der Waals surface area contributed by atoms with Crippen LogP contribution in [0.5, 0.6) is 0 Å². The van der Waals surface area contributed by atoms with Crippen LogP contribution >= 0.6 is 0 Å². The van der Waals surface area contributed by atoms with Gasteiger partial charge in [0.1, 0.15) is 0 Å². The lowest BCUT2D eigenvalue weighted by molar-refractivity contribution is -0.122. The van der Waals surface area contributed by atoms with E-state index in [0.717, 1.165) is 25.9 Å². The Morgan fingerprint density at radius 1 is 1.62 bits per heavy atom. The Hall–Kier alpha value is -0.570. The van der Waals surface area contributed by atoms with Crippen LogP contribution in [-0.4, -0.2) is 25.0 Å². The van der Waals surface area contributed by atoms with Crippen LogP contribution in [-0.2, 0) is 4.79 Å². The van der Waals surface area contributed by atoms with Crippen LogP contribution in [0.2, 0.25) is 0 Å². The third-order valence-corrected chi connectivity index (χ3v) is 3.18. The van der Waals surface area contributed by atoms with Crippen molar-refractivity contribution in [1.29, 1.82) is 0 Å². The minimum absolute atomic E-state index is 0.0917. The van der Waals surface area contributed by atoms with Crippen molar-refractivity contribution >= 4 is 5.91 Å². The molecule has 1 heterocycles. The van der Waals surface area contributed by atoms with E-state index in [1.54, 1.807) is 0 Å². The van der Waals surface area contributed by atoms with Gasteiger partial charge in [-0.2, -0.15) is 0 Å². The molecule has 13 heavy (non-hydrogen) atoms. The van der Waals surface area contributed by atoms with E-state index >= 15 is 0 Å². The first-order chi connectivity index (χ1) is 6.26. The molecule has 3 nitrogen and oxygen atoms in total. The molecule has 0 aromatic carbocycles. The summed E-state index contributed by atoms with van der Waals surface area (Å²) in [5.74, 6) is 0.200. The van der Waals surface area contributed by atoms with E-state index in [1.807, 2.05) is 0 Å². The van der Waals surface area contributed by atoms with Gasteiger partial charge in [0, 0.05) is 13.1 Å². The molecule has 2 rings (SSSR count). The lowest BCUT2D eigenvalue weighted by atomic mass is 10.0. The first-order valence-corrected chi connectivity index (χ1v) is 5.27. The normalized spacial score (nSPS) is 29.2. The molecule has 1 saturated heterocycles. The highest BCUT2D eigenvalue weighted by Gasteiger charge is 2.49. The van der Waals surface area contributed by atoms with Gasteiger partial charge in [0.25, 0.3) is 0 Å². The van der Waals surface area contributed by atoms with Gasteiger partial charge in [-0.3, -0.25) is 4.79 Å². The number of rotatable bonds is 3. The zero-order chi connectivity index (χ0) is 9.31. The first-order valence-electron chi connectivity index (χ1n) is 5.27. The third kappa shape index (κ3) is 1.85. The van der Waals surface area contributed by atoms with Gasteiger partial charge in [-0.05, 0) is 31.1 Å². The summed E-state index contributed by atoms with van der Waals surface area (Å²) in [5.41, 5.74) is 0.522. The molecule has 3 heteroatoms. The molecule has 0 bridgehead atoms. The molecule has 2 N–H and O–H groups in total. The summed E-state index contributed by atoms with van der Waals surface area (Å²) in [6.07, 6.45) is 4.71. The molecule has 2 aliphatic rings. The second-order valence-corrected chi connectivity index (χ2v) is 4.43. The molecule has 1 atom stereocenters. The van der Waals surface area contributed by atoms with E-state index in [0.29, 0.717) is 5.41 Å². The molecule has 1 aliphatic carbocycles. The van der Waals surface area contributed by atoms with Gasteiger partial charge >= 0.3 is 0 Å². The average Bonchev–Trinajstić information content (AvgIpc) is 2.73. The fourth-order valence-electron chi connectivity index (χ4n) is 2.03. The number of carbonyl (C=O) groups excluding carboxylic acids is 1. The number of amides is 1. The van der Waals surface area contributed by atoms with E-state index in [4.69, 9.17) is 0 Å². The van der Waals surface area contributed by atoms with Gasteiger partial charge in [-0.1, -0.05) is 6.92 Å². The number of hydrogen-bond acceptors (Lipinski definition) is 2. The van der Waals surface area contributed by atoms with E-state index in [2.05, 4.69) is 17.6 Å². The van der Waals surface area contributed by atoms with Gasteiger partial charge < -0.3 is 10.6 Å². The van der Waals surface area contributed by atoms with E-state index < -0.39 is 0 Å². The monoisotopic (exact) mass is 182 g/mol. The topological polar surface area (TPSA) is 41.1 Å². The summed E-state index contributed by atoms with van der Waals surface area (Å²) >= 11 is 0. The van der Waals surface area contributed by atoms with Gasteiger partial charge in [0.2, 0.25) is 5.91 Å². The molecule has 1 aliphatic heterocycles. The molecule has 74 valence electrons. The Labute approximate surface area is 79.3 Å². The van der Waals surface area contributed by atoms with Crippen molar-refractivity contribution in [3.63, 3.8) is 0 Å². The van der Waals surface area contributed by atoms with Crippen molar-refractivity contribution in [3.05, 3.63) is 0 Å². The van der Waals surface area contributed by atoms with Crippen LogP contribution in [0.3, 0.4) is 0 Å². The highest BCUT2D eigenvalue weighted by atomic mass is 16.2. The van der Waals surface area contributed by atoms with Crippen molar-refractivity contribution in [1.82, 2.24) is 10.6 Å². The quantitative estimate of drug-likeness (QED) is 0.673. The number of carbonyl (C=O) groups is 1. The molecule has 1 amide bonds. The SMILES string of the molecule is CCCNC(=O)[C@H]1CC2(CC2)CN1.